The molecule has 11 heteroatoms. The zero-order valence-electron chi connectivity index (χ0n) is 35.0. The molecule has 10 nitrogen and oxygen atoms in total. The number of ether oxygens (including phenoxy) is 1. The quantitative estimate of drug-likeness (QED) is 0.101. The van der Waals surface area contributed by atoms with Gasteiger partial charge in [0.15, 0.2) is 0 Å². The zero-order chi connectivity index (χ0) is 40.2. The van der Waals surface area contributed by atoms with Gasteiger partial charge in [-0.3, -0.25) is 0 Å². The highest BCUT2D eigenvalue weighted by molar-refractivity contribution is 5.75. The van der Waals surface area contributed by atoms with E-state index in [9.17, 15) is 19.1 Å². The average Bonchev–Trinajstić information content (AvgIpc) is 3.17. The van der Waals surface area contributed by atoms with Crippen molar-refractivity contribution in [3.05, 3.63) is 59.9 Å². The van der Waals surface area contributed by atoms with E-state index in [0.717, 1.165) is 94.2 Å². The highest BCUT2D eigenvalue weighted by Crippen LogP contribution is 2.43. The molecule has 2 aromatic carbocycles. The molecule has 2 fully saturated rings. The molecule has 0 bridgehead atoms. The monoisotopic (exact) mass is 769 g/mol. The Balaban J connectivity index is 0.000000399. The van der Waals surface area contributed by atoms with Crippen molar-refractivity contribution >= 4 is 12.1 Å². The Morgan fingerprint density at radius 2 is 1.38 bits per heavy atom. The van der Waals surface area contributed by atoms with Crippen LogP contribution in [0.4, 0.5) is 14.0 Å². The fourth-order valence-corrected chi connectivity index (χ4v) is 8.14. The van der Waals surface area contributed by atoms with Crippen LogP contribution in [0.2, 0.25) is 0 Å². The van der Waals surface area contributed by atoms with Crippen molar-refractivity contribution in [3.63, 3.8) is 0 Å². The van der Waals surface area contributed by atoms with Gasteiger partial charge in [-0.15, -0.1) is 0 Å². The van der Waals surface area contributed by atoms with Crippen molar-refractivity contribution in [2.45, 2.75) is 110 Å². The number of aliphatic hydroxyl groups is 1. The van der Waals surface area contributed by atoms with E-state index in [2.05, 4.69) is 49.0 Å². The molecule has 4 rings (SSSR count). The van der Waals surface area contributed by atoms with E-state index in [1.807, 2.05) is 48.2 Å². The highest BCUT2D eigenvalue weighted by Gasteiger charge is 2.42. The second-order valence-corrected chi connectivity index (χ2v) is 16.4. The Hall–Kier alpha value is -3.25. The topological polar surface area (TPSA) is 118 Å². The van der Waals surface area contributed by atoms with E-state index in [1.165, 1.54) is 18.6 Å². The van der Waals surface area contributed by atoms with Gasteiger partial charge in [0.25, 0.3) is 0 Å². The minimum Gasteiger partial charge on any atom is -0.385 e. The zero-order valence-corrected chi connectivity index (χ0v) is 35.0. The molecule has 4 amide bonds. The summed E-state index contributed by atoms with van der Waals surface area (Å²) in [4.78, 5) is 29.2. The third kappa shape index (κ3) is 15.3. The smallest absolute Gasteiger partial charge is 0.317 e. The normalized spacial score (nSPS) is 18.3. The molecule has 5 N–H and O–H groups in total. The van der Waals surface area contributed by atoms with E-state index >= 15 is 0 Å². The van der Waals surface area contributed by atoms with Gasteiger partial charge in [-0.25, -0.2) is 14.0 Å². The van der Waals surface area contributed by atoms with Crippen molar-refractivity contribution in [2.24, 2.45) is 17.8 Å². The van der Waals surface area contributed by atoms with E-state index in [-0.39, 0.29) is 35.9 Å². The molecule has 0 saturated carbocycles. The maximum atomic E-state index is 13.7. The fourth-order valence-electron chi connectivity index (χ4n) is 8.14. The number of likely N-dealkylation sites (tertiary alicyclic amines) is 2. The summed E-state index contributed by atoms with van der Waals surface area (Å²) >= 11 is 0. The number of hydrogen-bond donors (Lipinski definition) is 5. The number of carbonyl (C=O) groups excluding carboxylic acids is 2. The average molecular weight is 769 g/mol. The third-order valence-electron chi connectivity index (χ3n) is 10.8. The Morgan fingerprint density at radius 3 is 1.95 bits per heavy atom. The highest BCUT2D eigenvalue weighted by atomic mass is 19.1. The number of methoxy groups -OCH3 is 1. The molecule has 310 valence electrons. The number of likely N-dealkylation sites (N-methyl/N-ethyl adjacent to an activating group) is 2. The number of amides is 4. The van der Waals surface area contributed by atoms with Gasteiger partial charge in [0.1, 0.15) is 5.82 Å². The minimum atomic E-state index is -1.14. The second-order valence-electron chi connectivity index (χ2n) is 16.4. The number of piperidine rings is 2. The number of rotatable bonds is 18. The summed E-state index contributed by atoms with van der Waals surface area (Å²) in [6.07, 6.45) is 9.34. The first kappa shape index (κ1) is 46.1. The lowest BCUT2D eigenvalue weighted by Gasteiger charge is -2.44. The lowest BCUT2D eigenvalue weighted by molar-refractivity contribution is -0.0559. The van der Waals surface area contributed by atoms with Gasteiger partial charge in [0, 0.05) is 71.0 Å². The Morgan fingerprint density at radius 1 is 0.818 bits per heavy atom. The van der Waals surface area contributed by atoms with Crippen LogP contribution in [0, 0.1) is 23.6 Å². The Kier molecular flexibility index (Phi) is 20.5. The van der Waals surface area contributed by atoms with Gasteiger partial charge in [0.2, 0.25) is 0 Å². The van der Waals surface area contributed by atoms with E-state index in [0.29, 0.717) is 38.0 Å². The second kappa shape index (κ2) is 24.4. The molecule has 0 spiro atoms. The van der Waals surface area contributed by atoms with Crippen LogP contribution >= 0.6 is 0 Å². The maximum Gasteiger partial charge on any atom is 0.317 e. The molecule has 2 heterocycles. The lowest BCUT2D eigenvalue weighted by Crippen LogP contribution is -2.54. The van der Waals surface area contributed by atoms with Crippen LogP contribution in [0.15, 0.2) is 48.5 Å². The predicted molar refractivity (Wildman–Crippen MR) is 223 cm³/mol. The number of hydrogen-bond acceptors (Lipinski definition) is 6. The molecule has 2 aliphatic rings. The first-order valence-electron chi connectivity index (χ1n) is 20.9. The molecule has 4 atom stereocenters. The summed E-state index contributed by atoms with van der Waals surface area (Å²) < 4.78 is 18.9. The first-order chi connectivity index (χ1) is 26.4. The van der Waals surface area contributed by atoms with Crippen LogP contribution in [-0.4, -0.2) is 106 Å². The van der Waals surface area contributed by atoms with Crippen molar-refractivity contribution in [2.75, 3.05) is 67.1 Å². The fraction of sp³-hybridized carbons (Fsp3) is 0.682. The van der Waals surface area contributed by atoms with E-state index < -0.39 is 5.60 Å². The number of urea groups is 2. The molecule has 0 aromatic heterocycles. The van der Waals surface area contributed by atoms with E-state index in [4.69, 9.17) is 4.74 Å². The maximum absolute atomic E-state index is 13.7. The van der Waals surface area contributed by atoms with Gasteiger partial charge in [-0.1, -0.05) is 64.1 Å². The molecular formula is C44H73FN6O4. The lowest BCUT2D eigenvalue weighted by atomic mass is 9.72. The number of benzene rings is 2. The molecule has 0 radical (unpaired) electrons. The van der Waals surface area contributed by atoms with Gasteiger partial charge in [-0.05, 0) is 119 Å². The molecule has 2 saturated heterocycles. The number of nitrogens with one attached hydrogen (secondary N) is 4. The van der Waals surface area contributed by atoms with Crippen molar-refractivity contribution < 1.29 is 23.8 Å². The van der Waals surface area contributed by atoms with Crippen LogP contribution < -0.4 is 21.3 Å². The summed E-state index contributed by atoms with van der Waals surface area (Å²) in [5.41, 5.74) is 1.46. The van der Waals surface area contributed by atoms with Crippen LogP contribution in [0.25, 0.3) is 11.1 Å². The molecule has 0 aliphatic carbocycles. The van der Waals surface area contributed by atoms with Crippen LogP contribution in [0.1, 0.15) is 97.5 Å². The molecular weight excluding hydrogens is 696 g/mol. The Labute approximate surface area is 331 Å². The summed E-state index contributed by atoms with van der Waals surface area (Å²) in [5, 5.41) is 25.2. The van der Waals surface area contributed by atoms with Crippen molar-refractivity contribution in [3.8, 4) is 11.1 Å². The number of nitrogens with zero attached hydrogens (tertiary/aromatic N) is 2. The molecule has 2 aliphatic heterocycles. The van der Waals surface area contributed by atoms with Gasteiger partial charge in [0.05, 0.1) is 5.60 Å². The molecule has 55 heavy (non-hydrogen) atoms. The summed E-state index contributed by atoms with van der Waals surface area (Å²) in [5.74, 6) is 0.668. The minimum absolute atomic E-state index is 0.0556. The number of carbonyl (C=O) groups is 2. The van der Waals surface area contributed by atoms with Gasteiger partial charge in [-0.2, -0.15) is 0 Å². The number of halogens is 1. The summed E-state index contributed by atoms with van der Waals surface area (Å²) in [6, 6.07) is 14.7. The molecule has 0 unspecified atom stereocenters. The van der Waals surface area contributed by atoms with Crippen molar-refractivity contribution in [1.29, 1.82) is 0 Å². The van der Waals surface area contributed by atoms with Crippen molar-refractivity contribution in [1.82, 2.24) is 31.1 Å². The first-order valence-corrected chi connectivity index (χ1v) is 20.9. The van der Waals surface area contributed by atoms with E-state index in [1.54, 1.807) is 19.2 Å². The standard InChI is InChI=1S/C31H46FN3O3.C13H27N3O/c1-23(2)20-27(21-33-3)34-30(36)35-18-9-10-25(22-35)31(37,17-7-8-19-38-4)29-12-6-5-11-28(29)24-13-15-26(32)16-14-24;1-11(2)9-12(10-14-3)15-13(17)16-7-5-4-6-8-16/h5-6,11-16,23,25,27,33,37H,7-10,17-22H2,1-4H3,(H,34,36);11-12,14H,4-10H2,1-3H3,(H,15,17)/t25-,27+,31+;12-/m10/s1. The van der Waals surface area contributed by atoms with Crippen LogP contribution in [0.3, 0.4) is 0 Å². The largest absolute Gasteiger partial charge is 0.385 e. The van der Waals surface area contributed by atoms with Crippen LogP contribution in [0.5, 0.6) is 0 Å². The number of unbranched alkanes of at least 4 members (excludes halogenated alkanes) is 1. The van der Waals surface area contributed by atoms with Gasteiger partial charge >= 0.3 is 12.1 Å². The van der Waals surface area contributed by atoms with Crippen LogP contribution in [-0.2, 0) is 10.3 Å². The summed E-state index contributed by atoms with van der Waals surface area (Å²) in [7, 11) is 5.52. The summed E-state index contributed by atoms with van der Waals surface area (Å²) in [6.45, 7) is 13.9. The predicted octanol–water partition coefficient (Wildman–Crippen LogP) is 7.37. The van der Waals surface area contributed by atoms with Gasteiger partial charge < -0.3 is 40.9 Å². The molecule has 2 aromatic rings. The third-order valence-corrected chi connectivity index (χ3v) is 10.8. The Bertz CT molecular complexity index is 1390. The SMILES string of the molecule is CNC[C@H](CC(C)C)NC(=O)N1CCCCC1.CNC[C@H](CC(C)C)NC(=O)N1CCC[C@@H]([C@@](O)(CCCCOC)c2ccccc2-c2ccc(F)cc2)C1.